The Morgan fingerprint density at radius 2 is 1.89 bits per heavy atom. The molecule has 3 aliphatic rings. The fourth-order valence-corrected chi connectivity index (χ4v) is 6.32. The van der Waals surface area contributed by atoms with Gasteiger partial charge in [-0.25, -0.2) is 0 Å². The Balaban J connectivity index is 1.76. The van der Waals surface area contributed by atoms with Crippen molar-refractivity contribution in [2.45, 2.75) is 38.3 Å². The quantitative estimate of drug-likeness (QED) is 0.217. The van der Waals surface area contributed by atoms with E-state index >= 15 is 0 Å². The standard InChI is InChI=1S/C28H35N3O7/c1-12(32)7-8-30-11-19(34)15-5-6-18(33)23-16(15)9-14-10-17-20(25(35)22(14)26(23)36)13(2)21(28(29)38)27(37)24(17)31(3)4/h5-6,12,14,17,20,24,30,32-33,35,37H,2,7-11H2,1,3-4H3,(H2,29,38)/t12?,14?,17?,20?,24-/m0/s1. The maximum atomic E-state index is 13.7. The van der Waals surface area contributed by atoms with E-state index < -0.39 is 41.6 Å². The zero-order valence-corrected chi connectivity index (χ0v) is 21.8. The van der Waals surface area contributed by atoms with Gasteiger partial charge < -0.3 is 31.5 Å². The number of benzene rings is 1. The highest BCUT2D eigenvalue weighted by molar-refractivity contribution is 6.15. The number of carbonyl (C=O) groups is 3. The van der Waals surface area contributed by atoms with Crippen LogP contribution < -0.4 is 11.1 Å². The molecule has 0 spiro atoms. The Hall–Kier alpha value is -3.47. The van der Waals surface area contributed by atoms with Crippen molar-refractivity contribution in [2.75, 3.05) is 27.2 Å². The number of rotatable bonds is 8. The highest BCUT2D eigenvalue weighted by Gasteiger charge is 2.52. The number of ketones is 2. The first-order chi connectivity index (χ1) is 17.9. The molecule has 1 aromatic rings. The molecule has 4 rings (SSSR count). The number of phenols is 1. The number of nitrogens with one attached hydrogen (secondary N) is 1. The van der Waals surface area contributed by atoms with Gasteiger partial charge in [-0.1, -0.05) is 6.58 Å². The largest absolute Gasteiger partial charge is 0.511 e. The number of nitrogens with zero attached hydrogens (tertiary/aromatic N) is 1. The summed E-state index contributed by atoms with van der Waals surface area (Å²) < 4.78 is 0. The van der Waals surface area contributed by atoms with Crippen molar-refractivity contribution >= 4 is 17.5 Å². The zero-order chi connectivity index (χ0) is 28.0. The lowest BCUT2D eigenvalue weighted by Crippen LogP contribution is -2.50. The number of Topliss-reactive ketones (excluding diaryl/α,β-unsaturated/α-hetero) is 2. The molecule has 3 aliphatic carbocycles. The van der Waals surface area contributed by atoms with Crippen LogP contribution in [0.15, 0.2) is 46.9 Å². The Labute approximate surface area is 221 Å². The number of aliphatic hydroxyl groups is 3. The van der Waals surface area contributed by atoms with E-state index in [1.165, 1.54) is 12.1 Å². The molecule has 4 unspecified atom stereocenters. The average Bonchev–Trinajstić information content (AvgIpc) is 2.80. The summed E-state index contributed by atoms with van der Waals surface area (Å²) in [7, 11) is 3.48. The van der Waals surface area contributed by atoms with Crippen LogP contribution in [0.2, 0.25) is 0 Å². The molecule has 1 amide bonds. The van der Waals surface area contributed by atoms with Gasteiger partial charge in [-0.05, 0) is 81.9 Å². The summed E-state index contributed by atoms with van der Waals surface area (Å²) in [5, 5.41) is 45.5. The summed E-state index contributed by atoms with van der Waals surface area (Å²) in [4.78, 5) is 40.7. The van der Waals surface area contributed by atoms with Crippen LogP contribution in [0.3, 0.4) is 0 Å². The SMILES string of the molecule is C=C1C(C(N)=O)=C(O)[C@@H](N(C)C)C2CC3Cc4c(C(=O)CNCCC(C)O)ccc(O)c4C(=O)C3=C(O)C12. The summed E-state index contributed by atoms with van der Waals surface area (Å²) in [6.07, 6.45) is 0.574. The highest BCUT2D eigenvalue weighted by Crippen LogP contribution is 2.52. The Bertz CT molecular complexity index is 1280. The summed E-state index contributed by atoms with van der Waals surface area (Å²) in [5.41, 5.74) is 6.37. The number of amides is 1. The number of allylic oxidation sites excluding steroid dienone is 2. The third-order valence-electron chi connectivity index (χ3n) is 7.94. The van der Waals surface area contributed by atoms with Gasteiger partial charge in [-0.3, -0.25) is 19.3 Å². The molecular formula is C28H35N3O7. The predicted octanol–water partition coefficient (Wildman–Crippen LogP) is 1.54. The lowest BCUT2D eigenvalue weighted by atomic mass is 9.60. The third-order valence-corrected chi connectivity index (χ3v) is 7.94. The van der Waals surface area contributed by atoms with Crippen LogP contribution in [0.5, 0.6) is 5.75 Å². The predicted molar refractivity (Wildman–Crippen MR) is 140 cm³/mol. The average molecular weight is 526 g/mol. The number of aromatic hydroxyl groups is 1. The summed E-state index contributed by atoms with van der Waals surface area (Å²) in [6, 6.07) is 2.15. The number of hydrogen-bond acceptors (Lipinski definition) is 9. The molecule has 0 aliphatic heterocycles. The van der Waals surface area contributed by atoms with Crippen molar-refractivity contribution in [1.82, 2.24) is 10.2 Å². The summed E-state index contributed by atoms with van der Waals surface area (Å²) in [6.45, 7) is 6.04. The number of fused-ring (bicyclic) bond motifs is 3. The molecule has 0 radical (unpaired) electrons. The second-order valence-electron chi connectivity index (χ2n) is 10.7. The molecule has 5 atom stereocenters. The molecule has 0 aromatic heterocycles. The molecule has 10 nitrogen and oxygen atoms in total. The first-order valence-electron chi connectivity index (χ1n) is 12.7. The fraction of sp³-hybridized carbons (Fsp3) is 0.464. The smallest absolute Gasteiger partial charge is 0.252 e. The third kappa shape index (κ3) is 4.53. The molecule has 0 saturated carbocycles. The van der Waals surface area contributed by atoms with E-state index in [9.17, 15) is 34.8 Å². The van der Waals surface area contributed by atoms with Crippen molar-refractivity contribution in [1.29, 1.82) is 0 Å². The Morgan fingerprint density at radius 3 is 2.50 bits per heavy atom. The van der Waals surface area contributed by atoms with E-state index in [1.807, 2.05) is 0 Å². The Kier molecular flexibility index (Phi) is 7.51. The normalized spacial score (nSPS) is 25.7. The summed E-state index contributed by atoms with van der Waals surface area (Å²) in [5.74, 6) is -4.17. The number of likely N-dealkylation sites (N-methyl/N-ethyl adjacent to an activating group) is 1. The maximum Gasteiger partial charge on any atom is 0.252 e. The maximum absolute atomic E-state index is 13.7. The van der Waals surface area contributed by atoms with Crippen LogP contribution in [0.1, 0.15) is 46.0 Å². The number of hydrogen-bond donors (Lipinski definition) is 6. The minimum Gasteiger partial charge on any atom is -0.511 e. The van der Waals surface area contributed by atoms with Gasteiger partial charge in [0.05, 0.1) is 29.8 Å². The van der Waals surface area contributed by atoms with Crippen LogP contribution in [0.4, 0.5) is 0 Å². The van der Waals surface area contributed by atoms with Crippen molar-refractivity contribution in [3.8, 4) is 5.75 Å². The van der Waals surface area contributed by atoms with E-state index in [0.29, 0.717) is 30.5 Å². The van der Waals surface area contributed by atoms with Gasteiger partial charge in [-0.15, -0.1) is 0 Å². The van der Waals surface area contributed by atoms with Crippen molar-refractivity contribution in [3.05, 3.63) is 63.6 Å². The topological polar surface area (TPSA) is 173 Å². The molecule has 10 heteroatoms. The monoisotopic (exact) mass is 525 g/mol. The lowest BCUT2D eigenvalue weighted by Gasteiger charge is -2.47. The van der Waals surface area contributed by atoms with Gasteiger partial charge in [0.1, 0.15) is 17.3 Å². The number of phenolic OH excluding ortho intramolecular Hbond substituents is 1. The van der Waals surface area contributed by atoms with Crippen LogP contribution in [-0.4, -0.2) is 82.1 Å². The molecule has 204 valence electrons. The highest BCUT2D eigenvalue weighted by atomic mass is 16.3. The second-order valence-corrected chi connectivity index (χ2v) is 10.7. The number of nitrogens with two attached hydrogens (primary N) is 1. The van der Waals surface area contributed by atoms with Gasteiger partial charge >= 0.3 is 0 Å². The van der Waals surface area contributed by atoms with Gasteiger partial charge in [0.25, 0.3) is 5.91 Å². The minimum atomic E-state index is -0.874. The van der Waals surface area contributed by atoms with Crippen molar-refractivity contribution < 1.29 is 34.8 Å². The molecule has 0 bridgehead atoms. The van der Waals surface area contributed by atoms with E-state index in [-0.39, 0.29) is 58.3 Å². The zero-order valence-electron chi connectivity index (χ0n) is 21.8. The fourth-order valence-electron chi connectivity index (χ4n) is 6.32. The van der Waals surface area contributed by atoms with Gasteiger partial charge in [0.15, 0.2) is 11.6 Å². The van der Waals surface area contributed by atoms with Crippen LogP contribution in [0.25, 0.3) is 0 Å². The van der Waals surface area contributed by atoms with E-state index in [4.69, 9.17) is 5.73 Å². The van der Waals surface area contributed by atoms with Crippen LogP contribution in [-0.2, 0) is 11.2 Å². The number of primary amides is 1. The molecule has 38 heavy (non-hydrogen) atoms. The van der Waals surface area contributed by atoms with Crippen molar-refractivity contribution in [3.63, 3.8) is 0 Å². The van der Waals surface area contributed by atoms with Crippen molar-refractivity contribution in [2.24, 2.45) is 23.5 Å². The molecule has 0 saturated heterocycles. The van der Waals surface area contributed by atoms with E-state index in [0.717, 1.165) is 0 Å². The second kappa shape index (κ2) is 10.4. The van der Waals surface area contributed by atoms with Crippen LogP contribution in [0, 0.1) is 17.8 Å². The van der Waals surface area contributed by atoms with Gasteiger partial charge in [-0.2, -0.15) is 0 Å². The number of carbonyl (C=O) groups excluding carboxylic acids is 3. The van der Waals surface area contributed by atoms with E-state index in [2.05, 4.69) is 11.9 Å². The minimum absolute atomic E-state index is 0.00146. The first kappa shape index (κ1) is 27.6. The van der Waals surface area contributed by atoms with Crippen LogP contribution >= 0.6 is 0 Å². The molecule has 7 N–H and O–H groups in total. The van der Waals surface area contributed by atoms with E-state index in [1.54, 1.807) is 25.9 Å². The van der Waals surface area contributed by atoms with Gasteiger partial charge in [0, 0.05) is 17.1 Å². The molecule has 0 heterocycles. The first-order valence-corrected chi connectivity index (χ1v) is 12.7. The molecule has 0 fully saturated rings. The lowest BCUT2D eigenvalue weighted by molar-refractivity contribution is -0.114. The molecule has 1 aromatic carbocycles. The summed E-state index contributed by atoms with van der Waals surface area (Å²) >= 11 is 0. The van der Waals surface area contributed by atoms with Gasteiger partial charge in [0.2, 0.25) is 0 Å². The number of aliphatic hydroxyl groups excluding tert-OH is 3. The molecular weight excluding hydrogens is 490 g/mol. The Morgan fingerprint density at radius 1 is 1.21 bits per heavy atom.